The Bertz CT molecular complexity index is 1480. The summed E-state index contributed by atoms with van der Waals surface area (Å²) in [7, 11) is 1.57. The van der Waals surface area contributed by atoms with Crippen LogP contribution in [-0.2, 0) is 17.8 Å². The van der Waals surface area contributed by atoms with Gasteiger partial charge in [-0.1, -0.05) is 12.1 Å². The number of ether oxygens (including phenoxy) is 3. The van der Waals surface area contributed by atoms with Gasteiger partial charge in [0.2, 0.25) is 12.7 Å². The van der Waals surface area contributed by atoms with Crippen LogP contribution < -0.4 is 25.1 Å². The summed E-state index contributed by atoms with van der Waals surface area (Å²) in [5.74, 6) is 0.976. The maximum atomic E-state index is 13.5. The molecule has 0 saturated heterocycles. The largest absolute Gasteiger partial charge is 0.497 e. The van der Waals surface area contributed by atoms with Gasteiger partial charge in [0.1, 0.15) is 18.1 Å². The highest BCUT2D eigenvalue weighted by Crippen LogP contribution is 2.34. The van der Waals surface area contributed by atoms with Gasteiger partial charge in [0.15, 0.2) is 11.5 Å². The molecule has 1 aliphatic heterocycles. The van der Waals surface area contributed by atoms with Gasteiger partial charge < -0.3 is 19.5 Å². The first-order valence-electron chi connectivity index (χ1n) is 11.2. The number of nitrogens with zero attached hydrogens (tertiary/aromatic N) is 2. The maximum Gasteiger partial charge on any atom is 0.270 e. The van der Waals surface area contributed by atoms with Crippen molar-refractivity contribution in [1.29, 1.82) is 0 Å². The van der Waals surface area contributed by atoms with Gasteiger partial charge >= 0.3 is 0 Å². The zero-order valence-corrected chi connectivity index (χ0v) is 19.4. The molecule has 0 atom stereocenters. The highest BCUT2D eigenvalue weighted by molar-refractivity contribution is 5.91. The average molecular weight is 487 g/mol. The zero-order valence-electron chi connectivity index (χ0n) is 19.4. The Morgan fingerprint density at radius 3 is 2.67 bits per heavy atom. The van der Waals surface area contributed by atoms with E-state index in [1.807, 2.05) is 24.3 Å². The third-order valence-electron chi connectivity index (χ3n) is 5.67. The molecule has 182 valence electrons. The van der Waals surface area contributed by atoms with Crippen LogP contribution in [0.4, 0.5) is 10.1 Å². The lowest BCUT2D eigenvalue weighted by molar-refractivity contribution is -0.117. The predicted octanol–water partition coefficient (Wildman–Crippen LogP) is 4.02. The zero-order chi connectivity index (χ0) is 25.1. The molecule has 0 spiro atoms. The van der Waals surface area contributed by atoms with E-state index in [1.54, 1.807) is 43.5 Å². The quantitative estimate of drug-likeness (QED) is 0.424. The van der Waals surface area contributed by atoms with Gasteiger partial charge in [-0.05, 0) is 60.2 Å². The van der Waals surface area contributed by atoms with E-state index in [9.17, 15) is 14.0 Å². The van der Waals surface area contributed by atoms with E-state index >= 15 is 0 Å². The Morgan fingerprint density at radius 2 is 1.86 bits per heavy atom. The summed E-state index contributed by atoms with van der Waals surface area (Å²) in [5.41, 5.74) is 2.47. The van der Waals surface area contributed by atoms with E-state index in [0.717, 1.165) is 10.2 Å². The minimum atomic E-state index is -0.438. The molecule has 1 aliphatic rings. The SMILES string of the molecule is COc1cccc(Cc2cc(-c3ccc(F)cc3)nn(CC(=O)Nc3ccc4c(c3)OCO4)c2=O)c1. The molecule has 1 amide bonds. The first kappa shape index (κ1) is 23.1. The summed E-state index contributed by atoms with van der Waals surface area (Å²) in [5, 5.41) is 7.16. The van der Waals surface area contributed by atoms with Crippen LogP contribution in [0.1, 0.15) is 11.1 Å². The lowest BCUT2D eigenvalue weighted by Crippen LogP contribution is -2.32. The van der Waals surface area contributed by atoms with Crippen molar-refractivity contribution in [2.45, 2.75) is 13.0 Å². The van der Waals surface area contributed by atoms with E-state index in [-0.39, 0.29) is 19.2 Å². The standard InChI is InChI=1S/C27H22FN3O5/c1-34-22-4-2-3-17(12-22)11-19-13-23(18-5-7-20(28)8-6-18)30-31(27(19)33)15-26(32)29-21-9-10-24-25(14-21)36-16-35-24/h2-10,12-14H,11,15-16H2,1H3,(H,29,32). The number of hydrogen-bond donors (Lipinski definition) is 1. The van der Waals surface area contributed by atoms with Crippen LogP contribution >= 0.6 is 0 Å². The summed E-state index contributed by atoms with van der Waals surface area (Å²) < 4.78 is 30.5. The molecule has 1 aromatic heterocycles. The van der Waals surface area contributed by atoms with Crippen molar-refractivity contribution in [3.05, 3.63) is 100 Å². The summed E-state index contributed by atoms with van der Waals surface area (Å²) in [6.45, 7) is -0.189. The highest BCUT2D eigenvalue weighted by Gasteiger charge is 2.17. The van der Waals surface area contributed by atoms with E-state index in [2.05, 4.69) is 10.4 Å². The fourth-order valence-electron chi connectivity index (χ4n) is 3.91. The summed E-state index contributed by atoms with van der Waals surface area (Å²) >= 11 is 0. The summed E-state index contributed by atoms with van der Waals surface area (Å²) in [6, 6.07) is 19.9. The number of rotatable bonds is 7. The van der Waals surface area contributed by atoms with Crippen LogP contribution in [0.3, 0.4) is 0 Å². The van der Waals surface area contributed by atoms with Crippen molar-refractivity contribution in [2.24, 2.45) is 0 Å². The Labute approximate surface area is 205 Å². The van der Waals surface area contributed by atoms with Gasteiger partial charge in [-0.15, -0.1) is 0 Å². The number of methoxy groups -OCH3 is 1. The number of nitrogens with one attached hydrogen (secondary N) is 1. The van der Waals surface area contributed by atoms with Gasteiger partial charge in [-0.2, -0.15) is 5.10 Å². The van der Waals surface area contributed by atoms with Crippen molar-refractivity contribution < 1.29 is 23.4 Å². The van der Waals surface area contributed by atoms with Crippen LogP contribution in [0.5, 0.6) is 17.2 Å². The van der Waals surface area contributed by atoms with E-state index in [4.69, 9.17) is 14.2 Å². The molecule has 0 bridgehead atoms. The number of amides is 1. The Kier molecular flexibility index (Phi) is 6.36. The van der Waals surface area contributed by atoms with Gasteiger partial charge in [-0.25, -0.2) is 9.07 Å². The molecule has 0 unspecified atom stereocenters. The molecule has 2 heterocycles. The molecule has 3 aromatic carbocycles. The number of carbonyl (C=O) groups is 1. The maximum absolute atomic E-state index is 13.5. The third kappa shape index (κ3) is 5.05. The molecule has 9 heteroatoms. The minimum absolute atomic E-state index is 0.123. The molecule has 8 nitrogen and oxygen atoms in total. The topological polar surface area (TPSA) is 91.7 Å². The molecule has 0 fully saturated rings. The second kappa shape index (κ2) is 9.91. The van der Waals surface area contributed by atoms with Crippen LogP contribution in [0, 0.1) is 5.82 Å². The number of aromatic nitrogens is 2. The molecule has 0 aliphatic carbocycles. The monoisotopic (exact) mass is 487 g/mol. The van der Waals surface area contributed by atoms with Crippen LogP contribution in [0.15, 0.2) is 77.6 Å². The second-order valence-electron chi connectivity index (χ2n) is 8.17. The van der Waals surface area contributed by atoms with Crippen molar-refractivity contribution in [3.63, 3.8) is 0 Å². The predicted molar refractivity (Wildman–Crippen MR) is 131 cm³/mol. The molecule has 1 N–H and O–H groups in total. The van der Waals surface area contributed by atoms with Crippen LogP contribution in [0.25, 0.3) is 11.3 Å². The summed E-state index contributed by atoms with van der Waals surface area (Å²) in [4.78, 5) is 26.1. The van der Waals surface area contributed by atoms with Crippen molar-refractivity contribution >= 4 is 11.6 Å². The molecule has 36 heavy (non-hydrogen) atoms. The lowest BCUT2D eigenvalue weighted by Gasteiger charge is -2.12. The Morgan fingerprint density at radius 1 is 1.06 bits per heavy atom. The fraction of sp³-hybridized carbons (Fsp3) is 0.148. The fourth-order valence-corrected chi connectivity index (χ4v) is 3.91. The highest BCUT2D eigenvalue weighted by atomic mass is 19.1. The smallest absolute Gasteiger partial charge is 0.270 e. The molecular weight excluding hydrogens is 465 g/mol. The minimum Gasteiger partial charge on any atom is -0.497 e. The molecular formula is C27H22FN3O5. The molecule has 0 saturated carbocycles. The van der Waals surface area contributed by atoms with Crippen molar-refractivity contribution in [1.82, 2.24) is 9.78 Å². The van der Waals surface area contributed by atoms with E-state index in [0.29, 0.717) is 46.2 Å². The van der Waals surface area contributed by atoms with Crippen molar-refractivity contribution in [2.75, 3.05) is 19.2 Å². The first-order valence-corrected chi connectivity index (χ1v) is 11.2. The molecule has 4 aromatic rings. The Hall–Kier alpha value is -4.66. The molecule has 0 radical (unpaired) electrons. The lowest BCUT2D eigenvalue weighted by atomic mass is 10.0. The normalized spacial score (nSPS) is 11.8. The second-order valence-corrected chi connectivity index (χ2v) is 8.17. The average Bonchev–Trinajstić information content (AvgIpc) is 3.35. The van der Waals surface area contributed by atoms with Crippen LogP contribution in [-0.4, -0.2) is 29.6 Å². The number of carbonyl (C=O) groups excluding carboxylic acids is 1. The van der Waals surface area contributed by atoms with E-state index in [1.165, 1.54) is 12.1 Å². The van der Waals surface area contributed by atoms with Crippen molar-refractivity contribution in [3.8, 4) is 28.5 Å². The molecule has 5 rings (SSSR count). The van der Waals surface area contributed by atoms with E-state index < -0.39 is 11.5 Å². The number of benzene rings is 3. The number of halogens is 1. The summed E-state index contributed by atoms with van der Waals surface area (Å²) in [6.07, 6.45) is 0.302. The Balaban J connectivity index is 1.46. The number of hydrogen-bond acceptors (Lipinski definition) is 6. The van der Waals surface area contributed by atoms with Gasteiger partial charge in [-0.3, -0.25) is 9.59 Å². The van der Waals surface area contributed by atoms with Gasteiger partial charge in [0, 0.05) is 29.3 Å². The van der Waals surface area contributed by atoms with Gasteiger partial charge in [0.05, 0.1) is 12.8 Å². The van der Waals surface area contributed by atoms with Gasteiger partial charge in [0.25, 0.3) is 5.56 Å². The number of anilines is 1. The van der Waals surface area contributed by atoms with Crippen LogP contribution in [0.2, 0.25) is 0 Å². The first-order chi connectivity index (χ1) is 17.5. The third-order valence-corrected chi connectivity index (χ3v) is 5.67. The number of fused-ring (bicyclic) bond motifs is 1.